The topological polar surface area (TPSA) is 58.1 Å². The summed E-state index contributed by atoms with van der Waals surface area (Å²) in [5.74, 6) is 0.445. The summed E-state index contributed by atoms with van der Waals surface area (Å²) in [5.41, 5.74) is 3.74. The van der Waals surface area contributed by atoms with Gasteiger partial charge in [-0.05, 0) is 44.4 Å². The van der Waals surface area contributed by atoms with Gasteiger partial charge >= 0.3 is 0 Å². The van der Waals surface area contributed by atoms with Crippen LogP contribution in [0.25, 0.3) is 0 Å². The van der Waals surface area contributed by atoms with Crippen LogP contribution in [0.3, 0.4) is 0 Å². The average Bonchev–Trinajstić information content (AvgIpc) is 3.04. The van der Waals surface area contributed by atoms with Crippen LogP contribution in [0.15, 0.2) is 30.5 Å². The molecular weight excluding hydrogens is 276 g/mol. The molecule has 5 heteroatoms. The Morgan fingerprint density at radius 1 is 1.18 bits per heavy atom. The van der Waals surface area contributed by atoms with Crippen molar-refractivity contribution in [1.29, 1.82) is 0 Å². The van der Waals surface area contributed by atoms with Gasteiger partial charge < -0.3 is 10.2 Å². The van der Waals surface area contributed by atoms with E-state index < -0.39 is 0 Å². The molecule has 0 aliphatic carbocycles. The molecule has 1 N–H and O–H groups in total. The fourth-order valence-corrected chi connectivity index (χ4v) is 2.69. The van der Waals surface area contributed by atoms with Crippen molar-refractivity contribution in [3.8, 4) is 0 Å². The molecule has 0 saturated carbocycles. The Labute approximate surface area is 130 Å². The third-order valence-corrected chi connectivity index (χ3v) is 3.90. The molecule has 0 unspecified atom stereocenters. The predicted molar refractivity (Wildman–Crippen MR) is 86.4 cm³/mol. The number of amides is 1. The molecule has 3 rings (SSSR count). The van der Waals surface area contributed by atoms with Gasteiger partial charge in [-0.2, -0.15) is 0 Å². The highest BCUT2D eigenvalue weighted by atomic mass is 16.2. The molecule has 0 radical (unpaired) electrons. The van der Waals surface area contributed by atoms with Crippen molar-refractivity contribution in [2.45, 2.75) is 26.7 Å². The van der Waals surface area contributed by atoms with Gasteiger partial charge in [0.1, 0.15) is 5.69 Å². The van der Waals surface area contributed by atoms with Crippen molar-refractivity contribution in [1.82, 2.24) is 14.9 Å². The van der Waals surface area contributed by atoms with Gasteiger partial charge in [-0.15, -0.1) is 0 Å². The first-order valence-corrected chi connectivity index (χ1v) is 7.60. The van der Waals surface area contributed by atoms with Crippen molar-refractivity contribution in [2.24, 2.45) is 0 Å². The number of nitrogens with zero attached hydrogens (tertiary/aromatic N) is 3. The number of aryl methyl sites for hydroxylation is 2. The van der Waals surface area contributed by atoms with Gasteiger partial charge in [0.25, 0.3) is 5.91 Å². The van der Waals surface area contributed by atoms with E-state index >= 15 is 0 Å². The van der Waals surface area contributed by atoms with E-state index in [1.165, 1.54) is 5.56 Å². The molecule has 5 nitrogen and oxygen atoms in total. The zero-order valence-electron chi connectivity index (χ0n) is 13.0. The van der Waals surface area contributed by atoms with E-state index in [1.54, 1.807) is 12.3 Å². The van der Waals surface area contributed by atoms with Crippen LogP contribution in [0.5, 0.6) is 0 Å². The van der Waals surface area contributed by atoms with Crippen molar-refractivity contribution >= 4 is 17.5 Å². The van der Waals surface area contributed by atoms with Crippen LogP contribution in [0.4, 0.5) is 11.6 Å². The summed E-state index contributed by atoms with van der Waals surface area (Å²) < 4.78 is 0. The number of aromatic nitrogens is 2. The van der Waals surface area contributed by atoms with Gasteiger partial charge in [-0.1, -0.05) is 17.7 Å². The molecule has 0 spiro atoms. The first kappa shape index (κ1) is 14.5. The summed E-state index contributed by atoms with van der Waals surface area (Å²) in [6, 6.07) is 7.81. The second-order valence-electron chi connectivity index (χ2n) is 5.71. The SMILES string of the molecule is Cc1ccc(Nc2nccc(C(=O)N3CCCC3)n2)c(C)c1. The molecule has 2 heterocycles. The van der Waals surface area contributed by atoms with Crippen LogP contribution >= 0.6 is 0 Å². The van der Waals surface area contributed by atoms with Crippen molar-refractivity contribution in [3.63, 3.8) is 0 Å². The highest BCUT2D eigenvalue weighted by Gasteiger charge is 2.20. The Morgan fingerprint density at radius 2 is 1.95 bits per heavy atom. The Morgan fingerprint density at radius 3 is 2.68 bits per heavy atom. The minimum atomic E-state index is -0.0106. The molecule has 1 aromatic heterocycles. The van der Waals surface area contributed by atoms with E-state index in [2.05, 4.69) is 28.3 Å². The van der Waals surface area contributed by atoms with Crippen molar-refractivity contribution < 1.29 is 4.79 Å². The molecule has 1 fully saturated rings. The molecule has 114 valence electrons. The van der Waals surface area contributed by atoms with Crippen molar-refractivity contribution in [3.05, 3.63) is 47.3 Å². The summed E-state index contributed by atoms with van der Waals surface area (Å²) in [7, 11) is 0. The van der Waals surface area contributed by atoms with Crippen LogP contribution in [-0.4, -0.2) is 33.9 Å². The van der Waals surface area contributed by atoms with Gasteiger partial charge in [-0.25, -0.2) is 9.97 Å². The smallest absolute Gasteiger partial charge is 0.272 e. The Kier molecular flexibility index (Phi) is 4.04. The van der Waals surface area contributed by atoms with Crippen LogP contribution in [-0.2, 0) is 0 Å². The number of hydrogen-bond donors (Lipinski definition) is 1. The van der Waals surface area contributed by atoms with E-state index in [9.17, 15) is 4.79 Å². The number of likely N-dealkylation sites (tertiary alicyclic amines) is 1. The fourth-order valence-electron chi connectivity index (χ4n) is 2.69. The Balaban J connectivity index is 1.80. The van der Waals surface area contributed by atoms with Gasteiger partial charge in [0, 0.05) is 25.0 Å². The molecule has 1 aliphatic heterocycles. The maximum atomic E-state index is 12.4. The van der Waals surface area contributed by atoms with Gasteiger partial charge in [0.2, 0.25) is 5.95 Å². The molecule has 1 aliphatic rings. The third-order valence-electron chi connectivity index (χ3n) is 3.90. The molecule has 1 amide bonds. The molecule has 1 aromatic carbocycles. The predicted octanol–water partition coefficient (Wildman–Crippen LogP) is 3.07. The van der Waals surface area contributed by atoms with E-state index in [4.69, 9.17) is 0 Å². The number of hydrogen-bond acceptors (Lipinski definition) is 4. The highest BCUT2D eigenvalue weighted by molar-refractivity contribution is 5.92. The molecule has 0 atom stereocenters. The molecule has 0 bridgehead atoms. The standard InChI is InChI=1S/C17H20N4O/c1-12-5-6-14(13(2)11-12)19-17-18-8-7-15(20-17)16(22)21-9-3-4-10-21/h5-8,11H,3-4,9-10H2,1-2H3,(H,18,19,20). The van der Waals surface area contributed by atoms with E-state index in [0.717, 1.165) is 37.2 Å². The molecule has 22 heavy (non-hydrogen) atoms. The highest BCUT2D eigenvalue weighted by Crippen LogP contribution is 2.20. The molecule has 2 aromatic rings. The minimum absolute atomic E-state index is 0.0106. The zero-order chi connectivity index (χ0) is 15.5. The Bertz CT molecular complexity index is 693. The Hall–Kier alpha value is -2.43. The number of anilines is 2. The number of nitrogens with one attached hydrogen (secondary N) is 1. The number of carbonyl (C=O) groups is 1. The number of rotatable bonds is 3. The second kappa shape index (κ2) is 6.13. The summed E-state index contributed by atoms with van der Waals surface area (Å²) in [5, 5.41) is 3.19. The summed E-state index contributed by atoms with van der Waals surface area (Å²) in [6.45, 7) is 5.74. The summed E-state index contributed by atoms with van der Waals surface area (Å²) >= 11 is 0. The fraction of sp³-hybridized carbons (Fsp3) is 0.353. The van der Waals surface area contributed by atoms with Crippen LogP contribution < -0.4 is 5.32 Å². The maximum Gasteiger partial charge on any atom is 0.272 e. The average molecular weight is 296 g/mol. The van der Waals surface area contributed by atoms with Crippen LogP contribution in [0.1, 0.15) is 34.5 Å². The summed E-state index contributed by atoms with van der Waals surface area (Å²) in [4.78, 5) is 22.8. The normalized spacial score (nSPS) is 14.2. The van der Waals surface area contributed by atoms with E-state index in [1.807, 2.05) is 24.0 Å². The first-order chi connectivity index (χ1) is 10.6. The lowest BCUT2D eigenvalue weighted by molar-refractivity contribution is 0.0787. The van der Waals surface area contributed by atoms with Crippen LogP contribution in [0, 0.1) is 13.8 Å². The number of benzene rings is 1. The van der Waals surface area contributed by atoms with Crippen LogP contribution in [0.2, 0.25) is 0 Å². The summed E-state index contributed by atoms with van der Waals surface area (Å²) in [6.07, 6.45) is 3.77. The van der Waals surface area contributed by atoms with E-state index in [-0.39, 0.29) is 5.91 Å². The lowest BCUT2D eigenvalue weighted by Gasteiger charge is -2.15. The third kappa shape index (κ3) is 3.08. The van der Waals surface area contributed by atoms with E-state index in [0.29, 0.717) is 11.6 Å². The first-order valence-electron chi connectivity index (χ1n) is 7.60. The molecule has 1 saturated heterocycles. The second-order valence-corrected chi connectivity index (χ2v) is 5.71. The number of carbonyl (C=O) groups excluding carboxylic acids is 1. The minimum Gasteiger partial charge on any atom is -0.337 e. The molecular formula is C17H20N4O. The largest absolute Gasteiger partial charge is 0.337 e. The van der Waals surface area contributed by atoms with Gasteiger partial charge in [0.05, 0.1) is 0 Å². The lowest BCUT2D eigenvalue weighted by Crippen LogP contribution is -2.28. The quantitative estimate of drug-likeness (QED) is 0.945. The van der Waals surface area contributed by atoms with Gasteiger partial charge in [-0.3, -0.25) is 4.79 Å². The lowest BCUT2D eigenvalue weighted by atomic mass is 10.1. The monoisotopic (exact) mass is 296 g/mol. The van der Waals surface area contributed by atoms with Crippen molar-refractivity contribution in [2.75, 3.05) is 18.4 Å². The maximum absolute atomic E-state index is 12.4. The zero-order valence-corrected chi connectivity index (χ0v) is 13.0. The van der Waals surface area contributed by atoms with Gasteiger partial charge in [0.15, 0.2) is 0 Å².